The molecule has 0 atom stereocenters. The summed E-state index contributed by atoms with van der Waals surface area (Å²) in [5.41, 5.74) is 6.39. The zero-order valence-electron chi connectivity index (χ0n) is 11.5. The Kier molecular flexibility index (Phi) is 7.51. The van der Waals surface area contributed by atoms with E-state index in [4.69, 9.17) is 34.3 Å². The van der Waals surface area contributed by atoms with Crippen LogP contribution in [0.1, 0.15) is 18.4 Å². The molecule has 20 heavy (non-hydrogen) atoms. The molecular formula is C14H19ClN2O2S. The van der Waals surface area contributed by atoms with Gasteiger partial charge >= 0.3 is 0 Å². The molecule has 0 bridgehead atoms. The third-order valence-corrected chi connectivity index (χ3v) is 3.18. The summed E-state index contributed by atoms with van der Waals surface area (Å²) in [6.07, 6.45) is 0.884. The predicted octanol–water partition coefficient (Wildman–Crippen LogP) is 2.38. The lowest BCUT2D eigenvalue weighted by Gasteiger charge is -2.16. The van der Waals surface area contributed by atoms with E-state index >= 15 is 0 Å². The molecule has 0 heterocycles. The van der Waals surface area contributed by atoms with Gasteiger partial charge < -0.3 is 15.4 Å². The maximum atomic E-state index is 11.8. The van der Waals surface area contributed by atoms with Crippen LogP contribution in [0.15, 0.2) is 24.3 Å². The molecule has 0 spiro atoms. The van der Waals surface area contributed by atoms with Crippen molar-refractivity contribution in [2.24, 2.45) is 5.73 Å². The second kappa shape index (κ2) is 8.89. The predicted molar refractivity (Wildman–Crippen MR) is 84.8 cm³/mol. The van der Waals surface area contributed by atoms with Crippen molar-refractivity contribution >= 4 is 34.7 Å². The number of benzene rings is 1. The number of amides is 1. The zero-order chi connectivity index (χ0) is 15.0. The highest BCUT2D eigenvalue weighted by Crippen LogP contribution is 2.11. The third kappa shape index (κ3) is 6.84. The molecule has 0 saturated carbocycles. The second-order valence-corrected chi connectivity index (χ2v) is 5.42. The van der Waals surface area contributed by atoms with Crippen LogP contribution in [0, 0.1) is 0 Å². The first-order valence-electron chi connectivity index (χ1n) is 6.33. The van der Waals surface area contributed by atoms with Crippen molar-refractivity contribution in [3.63, 3.8) is 0 Å². The number of hydrogen-bond acceptors (Lipinski definition) is 3. The highest BCUT2D eigenvalue weighted by Gasteiger charge is 2.08. The maximum absolute atomic E-state index is 11.8. The van der Waals surface area contributed by atoms with Crippen molar-refractivity contribution in [2.75, 3.05) is 20.2 Å². The smallest absolute Gasteiger partial charge is 0.224 e. The van der Waals surface area contributed by atoms with Gasteiger partial charge in [-0.1, -0.05) is 36.0 Å². The number of hydrogen-bond donors (Lipinski definition) is 1. The van der Waals surface area contributed by atoms with E-state index in [0.29, 0.717) is 42.6 Å². The molecule has 0 fully saturated rings. The Morgan fingerprint density at radius 3 is 2.85 bits per heavy atom. The lowest BCUT2D eigenvalue weighted by molar-refractivity contribution is -0.131. The van der Waals surface area contributed by atoms with E-state index < -0.39 is 0 Å². The number of nitrogens with two attached hydrogens (primary N) is 1. The van der Waals surface area contributed by atoms with Crippen molar-refractivity contribution in [3.8, 4) is 0 Å². The van der Waals surface area contributed by atoms with Gasteiger partial charge in [-0.15, -0.1) is 0 Å². The molecule has 1 aromatic rings. The van der Waals surface area contributed by atoms with Gasteiger partial charge in [-0.3, -0.25) is 4.79 Å². The Morgan fingerprint density at radius 1 is 1.45 bits per heavy atom. The van der Waals surface area contributed by atoms with Crippen molar-refractivity contribution in [1.29, 1.82) is 0 Å². The standard InChI is InChI=1S/C14H19ClN2O2S/c1-17(7-5-13(16)20)14(18)6-8-19-10-11-3-2-4-12(15)9-11/h2-4,9H,5-8,10H2,1H3,(H2,16,20). The number of halogens is 1. The van der Waals surface area contributed by atoms with Crippen LogP contribution in [0.25, 0.3) is 0 Å². The van der Waals surface area contributed by atoms with Gasteiger partial charge in [-0.25, -0.2) is 0 Å². The normalized spacial score (nSPS) is 10.3. The summed E-state index contributed by atoms with van der Waals surface area (Å²) in [6, 6.07) is 7.46. The summed E-state index contributed by atoms with van der Waals surface area (Å²) in [5, 5.41) is 0.680. The average Bonchev–Trinajstić information content (AvgIpc) is 2.40. The van der Waals surface area contributed by atoms with Crippen molar-refractivity contribution in [3.05, 3.63) is 34.9 Å². The fourth-order valence-corrected chi connectivity index (χ4v) is 1.87. The monoisotopic (exact) mass is 314 g/mol. The third-order valence-electron chi connectivity index (χ3n) is 2.74. The average molecular weight is 315 g/mol. The first kappa shape index (κ1) is 16.9. The molecule has 0 aliphatic heterocycles. The molecule has 110 valence electrons. The quantitative estimate of drug-likeness (QED) is 0.591. The number of nitrogens with zero attached hydrogens (tertiary/aromatic N) is 1. The van der Waals surface area contributed by atoms with Gasteiger partial charge in [0.2, 0.25) is 5.91 Å². The number of carbonyl (C=O) groups excluding carboxylic acids is 1. The fraction of sp³-hybridized carbons (Fsp3) is 0.429. The van der Waals surface area contributed by atoms with E-state index in [1.165, 1.54) is 0 Å². The van der Waals surface area contributed by atoms with Crippen LogP contribution < -0.4 is 5.73 Å². The van der Waals surface area contributed by atoms with Gasteiger partial charge in [0.05, 0.1) is 24.6 Å². The van der Waals surface area contributed by atoms with E-state index in [2.05, 4.69) is 0 Å². The fourth-order valence-electron chi connectivity index (χ4n) is 1.57. The van der Waals surface area contributed by atoms with Gasteiger partial charge in [0, 0.05) is 25.0 Å². The van der Waals surface area contributed by atoms with Gasteiger partial charge in [-0.05, 0) is 17.7 Å². The summed E-state index contributed by atoms with van der Waals surface area (Å²) >= 11 is 10.6. The summed E-state index contributed by atoms with van der Waals surface area (Å²) in [7, 11) is 1.73. The van der Waals surface area contributed by atoms with E-state index in [-0.39, 0.29) is 5.91 Å². The van der Waals surface area contributed by atoms with E-state index in [1.54, 1.807) is 11.9 Å². The summed E-state index contributed by atoms with van der Waals surface area (Å²) in [6.45, 7) is 1.37. The Morgan fingerprint density at radius 2 is 2.20 bits per heavy atom. The number of thiocarbonyl (C=S) groups is 1. The van der Waals surface area contributed by atoms with Crippen molar-refractivity contribution in [1.82, 2.24) is 4.90 Å². The number of carbonyl (C=O) groups is 1. The van der Waals surface area contributed by atoms with E-state index in [0.717, 1.165) is 5.56 Å². The molecule has 2 N–H and O–H groups in total. The van der Waals surface area contributed by atoms with Crippen LogP contribution in [0.5, 0.6) is 0 Å². The lowest BCUT2D eigenvalue weighted by atomic mass is 10.2. The van der Waals surface area contributed by atoms with Crippen molar-refractivity contribution in [2.45, 2.75) is 19.4 Å². The molecule has 0 unspecified atom stereocenters. The summed E-state index contributed by atoms with van der Waals surface area (Å²) in [4.78, 5) is 13.8. The zero-order valence-corrected chi connectivity index (χ0v) is 13.0. The SMILES string of the molecule is CN(CCC(N)=S)C(=O)CCOCc1cccc(Cl)c1. The lowest BCUT2D eigenvalue weighted by Crippen LogP contribution is -2.30. The molecule has 0 aliphatic rings. The van der Waals surface area contributed by atoms with Crippen LogP contribution in [0.3, 0.4) is 0 Å². The molecule has 1 amide bonds. The minimum absolute atomic E-state index is 0.0207. The minimum Gasteiger partial charge on any atom is -0.393 e. The van der Waals surface area contributed by atoms with Crippen LogP contribution in [-0.2, 0) is 16.1 Å². The molecule has 0 aromatic heterocycles. The van der Waals surface area contributed by atoms with Gasteiger partial charge in [0.25, 0.3) is 0 Å². The molecule has 0 saturated heterocycles. The molecule has 0 aliphatic carbocycles. The largest absolute Gasteiger partial charge is 0.393 e. The second-order valence-electron chi connectivity index (χ2n) is 4.46. The van der Waals surface area contributed by atoms with Crippen LogP contribution in [0.2, 0.25) is 5.02 Å². The highest BCUT2D eigenvalue weighted by atomic mass is 35.5. The minimum atomic E-state index is 0.0207. The highest BCUT2D eigenvalue weighted by molar-refractivity contribution is 7.80. The molecule has 1 aromatic carbocycles. The molecular weight excluding hydrogens is 296 g/mol. The molecule has 1 rings (SSSR count). The Balaban J connectivity index is 2.20. The number of ether oxygens (including phenoxy) is 1. The van der Waals surface area contributed by atoms with E-state index in [9.17, 15) is 4.79 Å². The van der Waals surface area contributed by atoms with E-state index in [1.807, 2.05) is 24.3 Å². The molecule has 0 radical (unpaired) electrons. The Hall–Kier alpha value is -1.17. The van der Waals surface area contributed by atoms with Crippen molar-refractivity contribution < 1.29 is 9.53 Å². The Bertz CT molecular complexity index is 468. The van der Waals surface area contributed by atoms with Gasteiger partial charge in [0.1, 0.15) is 0 Å². The van der Waals surface area contributed by atoms with Crippen LogP contribution >= 0.6 is 23.8 Å². The molecule has 6 heteroatoms. The molecule has 4 nitrogen and oxygen atoms in total. The van der Waals surface area contributed by atoms with Gasteiger partial charge in [-0.2, -0.15) is 0 Å². The first-order chi connectivity index (χ1) is 9.49. The maximum Gasteiger partial charge on any atom is 0.224 e. The summed E-state index contributed by atoms with van der Waals surface area (Å²) in [5.74, 6) is 0.0207. The topological polar surface area (TPSA) is 55.6 Å². The van der Waals surface area contributed by atoms with Gasteiger partial charge in [0.15, 0.2) is 0 Å². The summed E-state index contributed by atoms with van der Waals surface area (Å²) < 4.78 is 5.46. The Labute approximate surface area is 129 Å². The number of rotatable bonds is 8. The first-order valence-corrected chi connectivity index (χ1v) is 7.12. The van der Waals surface area contributed by atoms with Crippen LogP contribution in [0.4, 0.5) is 0 Å². The van der Waals surface area contributed by atoms with Crippen LogP contribution in [-0.4, -0.2) is 36.0 Å².